The molecule has 0 amide bonds. The Kier molecular flexibility index (Phi) is 7.45. The minimum Gasteiger partial charge on any atom is -0.357 e. The zero-order valence-corrected chi connectivity index (χ0v) is 22.4. The largest absolute Gasteiger partial charge is 0.357 e. The van der Waals surface area contributed by atoms with Crippen LogP contribution in [0.3, 0.4) is 0 Å². The van der Waals surface area contributed by atoms with Crippen molar-refractivity contribution in [3.8, 4) is 11.1 Å². The van der Waals surface area contributed by atoms with Crippen molar-refractivity contribution in [1.29, 1.82) is 0 Å². The second-order valence-corrected chi connectivity index (χ2v) is 10.8. The number of carbonyl (C=O) groups is 1. The van der Waals surface area contributed by atoms with Crippen LogP contribution in [0.25, 0.3) is 22.3 Å². The van der Waals surface area contributed by atoms with Crippen molar-refractivity contribution >= 4 is 29.0 Å². The Balaban J connectivity index is 1.44. The van der Waals surface area contributed by atoms with Crippen LogP contribution in [0.15, 0.2) is 79.1 Å². The third-order valence-electron chi connectivity index (χ3n) is 7.90. The van der Waals surface area contributed by atoms with Crippen molar-refractivity contribution in [3.63, 3.8) is 0 Å². The molecule has 6 rings (SSSR count). The average Bonchev–Trinajstić information content (AvgIpc) is 3.44. The van der Waals surface area contributed by atoms with Gasteiger partial charge in [-0.3, -0.25) is 4.79 Å². The Morgan fingerprint density at radius 1 is 0.923 bits per heavy atom. The summed E-state index contributed by atoms with van der Waals surface area (Å²) in [5, 5.41) is 4.98. The van der Waals surface area contributed by atoms with Crippen LogP contribution in [0.5, 0.6) is 0 Å². The first-order chi connectivity index (χ1) is 19.1. The first-order valence-electron chi connectivity index (χ1n) is 13.6. The van der Waals surface area contributed by atoms with Gasteiger partial charge in [0, 0.05) is 23.9 Å². The second kappa shape index (κ2) is 11.3. The normalized spacial score (nSPS) is 18.4. The number of halogens is 2. The van der Waals surface area contributed by atoms with Gasteiger partial charge >= 0.3 is 0 Å². The van der Waals surface area contributed by atoms with Gasteiger partial charge in [0.2, 0.25) is 0 Å². The van der Waals surface area contributed by atoms with Crippen LogP contribution < -0.4 is 0 Å². The summed E-state index contributed by atoms with van der Waals surface area (Å²) in [6.45, 7) is 0.777. The van der Waals surface area contributed by atoms with Crippen molar-refractivity contribution < 1.29 is 13.9 Å². The first kappa shape index (κ1) is 25.7. The smallest absolute Gasteiger partial charge is 0.150 e. The molecule has 0 spiro atoms. The molecule has 2 heterocycles. The Bertz CT molecular complexity index is 1500. The summed E-state index contributed by atoms with van der Waals surface area (Å²) in [6.07, 6.45) is 11.3. The standard InChI is InChI=1S/C33H30ClFN2O2/c34-30-18-28(35)15-16-29(30)33(24-4-3-5-24)32(25-9-7-22(21-38)8-10-25)26-13-11-23(12-14-26)27-19-36-37(20-27)31-6-1-2-17-39-31/h7-16,18-21,24,31H,1-6,17H2/b33-32+. The van der Waals surface area contributed by atoms with E-state index in [2.05, 4.69) is 35.6 Å². The highest BCUT2D eigenvalue weighted by Crippen LogP contribution is 2.47. The van der Waals surface area contributed by atoms with Crippen molar-refractivity contribution in [2.45, 2.75) is 44.8 Å². The van der Waals surface area contributed by atoms with Gasteiger partial charge in [-0.25, -0.2) is 9.07 Å². The molecule has 2 aliphatic rings. The molecule has 0 bridgehead atoms. The van der Waals surface area contributed by atoms with E-state index in [1.165, 1.54) is 12.1 Å². The lowest BCUT2D eigenvalue weighted by atomic mass is 9.73. The number of ether oxygens (including phenoxy) is 1. The third kappa shape index (κ3) is 5.34. The van der Waals surface area contributed by atoms with Gasteiger partial charge in [-0.1, -0.05) is 72.6 Å². The van der Waals surface area contributed by atoms with E-state index < -0.39 is 0 Å². The van der Waals surface area contributed by atoms with E-state index in [0.29, 0.717) is 16.5 Å². The molecule has 1 unspecified atom stereocenters. The van der Waals surface area contributed by atoms with Gasteiger partial charge in [0.1, 0.15) is 18.3 Å². The van der Waals surface area contributed by atoms with Gasteiger partial charge in [0.15, 0.2) is 0 Å². The Hall–Kier alpha value is -3.54. The van der Waals surface area contributed by atoms with Crippen LogP contribution in [0.1, 0.15) is 71.8 Å². The van der Waals surface area contributed by atoms with Crippen molar-refractivity contribution in [2.75, 3.05) is 6.61 Å². The molecule has 4 aromatic rings. The Morgan fingerprint density at radius 2 is 1.67 bits per heavy atom. The van der Waals surface area contributed by atoms with Gasteiger partial charge in [-0.15, -0.1) is 0 Å². The molecule has 3 aromatic carbocycles. The Labute approximate surface area is 233 Å². The lowest BCUT2D eigenvalue weighted by Gasteiger charge is -2.32. The van der Waals surface area contributed by atoms with E-state index in [1.54, 1.807) is 6.07 Å². The van der Waals surface area contributed by atoms with E-state index in [-0.39, 0.29) is 12.0 Å². The summed E-state index contributed by atoms with van der Waals surface area (Å²) in [6, 6.07) is 20.8. The monoisotopic (exact) mass is 540 g/mol. The summed E-state index contributed by atoms with van der Waals surface area (Å²) in [4.78, 5) is 11.3. The second-order valence-electron chi connectivity index (χ2n) is 10.4. The predicted octanol–water partition coefficient (Wildman–Crippen LogP) is 8.61. The number of hydrogen-bond acceptors (Lipinski definition) is 3. The molecule has 1 saturated carbocycles. The molecule has 39 heavy (non-hydrogen) atoms. The molecular weight excluding hydrogens is 511 g/mol. The molecule has 0 radical (unpaired) electrons. The molecule has 1 aliphatic heterocycles. The van der Waals surface area contributed by atoms with Gasteiger partial charge in [0.25, 0.3) is 0 Å². The molecule has 6 heteroatoms. The van der Waals surface area contributed by atoms with Gasteiger partial charge in [-0.05, 0) is 83.6 Å². The number of aromatic nitrogens is 2. The number of rotatable bonds is 7. The highest BCUT2D eigenvalue weighted by molar-refractivity contribution is 6.32. The van der Waals surface area contributed by atoms with E-state index in [0.717, 1.165) is 90.4 Å². The summed E-state index contributed by atoms with van der Waals surface area (Å²) in [7, 11) is 0. The van der Waals surface area contributed by atoms with Crippen LogP contribution in [0.4, 0.5) is 4.39 Å². The fourth-order valence-electron chi connectivity index (χ4n) is 5.58. The molecule has 1 aliphatic carbocycles. The number of benzene rings is 3. The van der Waals surface area contributed by atoms with Crippen LogP contribution in [-0.4, -0.2) is 22.7 Å². The van der Waals surface area contributed by atoms with Gasteiger partial charge in [-0.2, -0.15) is 5.10 Å². The zero-order chi connectivity index (χ0) is 26.8. The number of hydrogen-bond donors (Lipinski definition) is 0. The summed E-state index contributed by atoms with van der Waals surface area (Å²) in [5.41, 5.74) is 7.82. The maximum absolute atomic E-state index is 14.0. The maximum atomic E-state index is 14.0. The van der Waals surface area contributed by atoms with E-state index in [9.17, 15) is 9.18 Å². The van der Waals surface area contributed by atoms with E-state index in [4.69, 9.17) is 16.3 Å². The van der Waals surface area contributed by atoms with E-state index in [1.807, 2.05) is 35.1 Å². The highest BCUT2D eigenvalue weighted by atomic mass is 35.5. The van der Waals surface area contributed by atoms with Gasteiger partial charge in [0.05, 0.1) is 11.2 Å². The molecule has 2 fully saturated rings. The number of nitrogens with zero attached hydrogens (tertiary/aromatic N) is 2. The Morgan fingerprint density at radius 3 is 2.28 bits per heavy atom. The maximum Gasteiger partial charge on any atom is 0.150 e. The lowest BCUT2D eigenvalue weighted by Crippen LogP contribution is -2.18. The van der Waals surface area contributed by atoms with Gasteiger partial charge < -0.3 is 4.74 Å². The van der Waals surface area contributed by atoms with E-state index >= 15 is 0 Å². The van der Waals surface area contributed by atoms with Crippen LogP contribution >= 0.6 is 11.6 Å². The third-order valence-corrected chi connectivity index (χ3v) is 8.21. The molecule has 0 N–H and O–H groups in total. The predicted molar refractivity (Wildman–Crippen MR) is 153 cm³/mol. The lowest BCUT2D eigenvalue weighted by molar-refractivity contribution is -0.0394. The average molecular weight is 541 g/mol. The number of allylic oxidation sites excluding steroid dienone is 1. The molecular formula is C33H30ClFN2O2. The molecule has 1 saturated heterocycles. The fourth-order valence-corrected chi connectivity index (χ4v) is 5.84. The minimum atomic E-state index is -0.350. The molecule has 1 aromatic heterocycles. The molecule has 4 nitrogen and oxygen atoms in total. The number of carbonyl (C=O) groups excluding carboxylic acids is 1. The first-order valence-corrected chi connectivity index (χ1v) is 14.0. The van der Waals surface area contributed by atoms with Crippen LogP contribution in [0, 0.1) is 11.7 Å². The van der Waals surface area contributed by atoms with Crippen molar-refractivity contribution in [3.05, 3.63) is 112 Å². The summed E-state index contributed by atoms with van der Waals surface area (Å²) >= 11 is 6.65. The highest BCUT2D eigenvalue weighted by Gasteiger charge is 2.28. The quantitative estimate of drug-likeness (QED) is 0.174. The zero-order valence-electron chi connectivity index (χ0n) is 21.7. The summed E-state index contributed by atoms with van der Waals surface area (Å²) < 4.78 is 21.8. The van der Waals surface area contributed by atoms with Crippen molar-refractivity contribution in [2.24, 2.45) is 5.92 Å². The molecule has 198 valence electrons. The van der Waals surface area contributed by atoms with Crippen molar-refractivity contribution in [1.82, 2.24) is 9.78 Å². The fraction of sp³-hybridized carbons (Fsp3) is 0.273. The summed E-state index contributed by atoms with van der Waals surface area (Å²) in [5.74, 6) is -0.0285. The molecule has 1 atom stereocenters. The van der Waals surface area contributed by atoms with Crippen LogP contribution in [-0.2, 0) is 4.74 Å². The van der Waals surface area contributed by atoms with Crippen LogP contribution in [0.2, 0.25) is 5.02 Å². The SMILES string of the molecule is O=Cc1ccc(/C(=C(\c2ccc(F)cc2Cl)C2CCC2)c2ccc(-c3cnn(C4CCCCO4)c3)cc2)cc1. The topological polar surface area (TPSA) is 44.1 Å². The number of aldehydes is 1. The minimum absolute atomic E-state index is 0.00105.